The van der Waals surface area contributed by atoms with Gasteiger partial charge in [0, 0.05) is 62.8 Å². The number of aromatic nitrogens is 5. The Labute approximate surface area is 440 Å². The maximum atomic E-state index is 4.40. The summed E-state index contributed by atoms with van der Waals surface area (Å²) in [6.07, 6.45) is 10.0. The van der Waals surface area contributed by atoms with Crippen molar-refractivity contribution in [1.82, 2.24) is 24.7 Å². The highest BCUT2D eigenvalue weighted by Crippen LogP contribution is 2.29. The Morgan fingerprint density at radius 2 is 0.671 bits per heavy atom. The molecule has 70 heavy (non-hydrogen) atoms. The molecular weight excluding hydrogens is 891 g/mol. The van der Waals surface area contributed by atoms with Crippen LogP contribution in [0.25, 0.3) is 0 Å². The first kappa shape index (κ1) is 66.1. The minimum absolute atomic E-state index is 0. The van der Waals surface area contributed by atoms with Gasteiger partial charge in [0.15, 0.2) is 0 Å². The lowest BCUT2D eigenvalue weighted by Crippen LogP contribution is -1.99. The Hall–Kier alpha value is -3.94. The zero-order chi connectivity index (χ0) is 52.7. The highest BCUT2D eigenvalue weighted by atomic mass is 32.1. The van der Waals surface area contributed by atoms with Crippen LogP contribution in [0.3, 0.4) is 0 Å². The van der Waals surface area contributed by atoms with E-state index in [-0.39, 0.29) is 7.43 Å². The predicted molar refractivity (Wildman–Crippen MR) is 316 cm³/mol. The third kappa shape index (κ3) is 24.9. The molecule has 0 saturated heterocycles. The molecule has 5 heterocycles. The average molecular weight is 995 g/mol. The number of rotatable bonds is 12. The van der Waals surface area contributed by atoms with E-state index in [1.54, 1.807) is 0 Å². The molecule has 0 spiro atoms. The molecule has 1 aromatic carbocycles. The fourth-order valence-corrected chi connectivity index (χ4v) is 8.16. The van der Waals surface area contributed by atoms with Gasteiger partial charge in [-0.05, 0) is 125 Å². The minimum atomic E-state index is 0. The van der Waals surface area contributed by atoms with Crippen molar-refractivity contribution in [3.63, 3.8) is 0 Å². The van der Waals surface area contributed by atoms with Crippen LogP contribution in [0.4, 0.5) is 0 Å². The van der Waals surface area contributed by atoms with Crippen LogP contribution in [0.5, 0.6) is 0 Å². The highest BCUT2D eigenvalue weighted by molar-refractivity contribution is 7.12. The smallest absolute Gasteiger partial charge is 0.0953 e. The molecule has 5 aromatic heterocycles. The van der Waals surface area contributed by atoms with Crippen molar-refractivity contribution < 1.29 is 0 Å². The second-order valence-corrected chi connectivity index (χ2v) is 24.3. The molecule has 0 saturated carbocycles. The summed E-state index contributed by atoms with van der Waals surface area (Å²) in [6, 6.07) is 22.5. The van der Waals surface area contributed by atoms with Crippen molar-refractivity contribution >= 4 is 22.7 Å². The Balaban J connectivity index is 0.000000814. The van der Waals surface area contributed by atoms with Gasteiger partial charge in [0.1, 0.15) is 0 Å². The first-order valence-corrected chi connectivity index (χ1v) is 27.9. The number of hydrogen-bond acceptors (Lipinski definition) is 6. The lowest BCUT2D eigenvalue weighted by Gasteiger charge is -2.08. The largest absolute Gasteiger partial charge is 0.270 e. The molecule has 0 atom stereocenters. The number of pyridine rings is 2. The maximum absolute atomic E-state index is 4.40. The van der Waals surface area contributed by atoms with Crippen LogP contribution in [0, 0.1) is 0 Å². The SMILES string of the molecule is C.CC(C)c1ccc(C(C)C)cc1.CC(C)c1ccc(C(C)C)nc1.CC(C)c1ccc(C(C)C)nc1.CC(C)c1ccc(C(C)C)s1.CC(C)c1cnc(C(C)C)s1.CC(C)c1cnn(C(C)C)c1. The van der Waals surface area contributed by atoms with E-state index in [9.17, 15) is 0 Å². The Bertz CT molecular complexity index is 1790. The fraction of sp³-hybridized carbons (Fsp3) is 0.587. The normalized spacial score (nSPS) is 11.1. The molecular formula is C63H103N5S2. The van der Waals surface area contributed by atoms with E-state index in [0.29, 0.717) is 71.1 Å². The van der Waals surface area contributed by atoms with Crippen molar-refractivity contribution in [2.75, 3.05) is 0 Å². The lowest BCUT2D eigenvalue weighted by molar-refractivity contribution is 0.531. The van der Waals surface area contributed by atoms with Gasteiger partial charge < -0.3 is 0 Å². The van der Waals surface area contributed by atoms with E-state index in [0.717, 1.165) is 0 Å². The van der Waals surface area contributed by atoms with Crippen molar-refractivity contribution in [1.29, 1.82) is 0 Å². The van der Waals surface area contributed by atoms with E-state index in [1.165, 1.54) is 58.8 Å². The Morgan fingerprint density at radius 1 is 0.314 bits per heavy atom. The topological polar surface area (TPSA) is 56.5 Å². The molecule has 0 aliphatic carbocycles. The van der Waals surface area contributed by atoms with Crippen LogP contribution in [-0.2, 0) is 0 Å². The summed E-state index contributed by atoms with van der Waals surface area (Å²) in [4.78, 5) is 17.6. The molecule has 392 valence electrons. The van der Waals surface area contributed by atoms with Gasteiger partial charge in [-0.1, -0.05) is 196 Å². The van der Waals surface area contributed by atoms with Gasteiger partial charge in [0.2, 0.25) is 0 Å². The number of nitrogens with zero attached hydrogens (tertiary/aromatic N) is 5. The molecule has 7 heteroatoms. The first-order valence-electron chi connectivity index (χ1n) is 26.3. The number of benzene rings is 1. The van der Waals surface area contributed by atoms with Crippen LogP contribution < -0.4 is 0 Å². The van der Waals surface area contributed by atoms with Crippen molar-refractivity contribution in [2.45, 2.75) is 245 Å². The van der Waals surface area contributed by atoms with Crippen molar-refractivity contribution in [3.05, 3.63) is 150 Å². The van der Waals surface area contributed by atoms with Gasteiger partial charge in [-0.3, -0.25) is 14.6 Å². The van der Waals surface area contributed by atoms with Gasteiger partial charge in [-0.25, -0.2) is 4.98 Å². The standard InChI is InChI=1S/C12H18.2C11H17N.C10H16S.C9H16N2.C9H15NS.CH4/c1-9(2)11-5-7-12(8-6-11)10(3)4;2*1-8(2)10-5-6-11(9(3)4)12-7-10;1-7(2)9-5-6-10(11-9)8(3)4;1-7(2)9-5-10-11(6-9)8(3)4;1-6(2)8-5-10-9(11-8)7(3)4;/h5-10H,1-4H3;2*5-9H,1-4H3;2*5-8H,1-4H3;5-7H,1-4H3;1H4. The minimum Gasteiger partial charge on any atom is -0.270 e. The summed E-state index contributed by atoms with van der Waals surface area (Å²) >= 11 is 3.79. The molecule has 0 fully saturated rings. The Morgan fingerprint density at radius 3 is 0.871 bits per heavy atom. The second-order valence-electron chi connectivity index (χ2n) is 22.1. The highest BCUT2D eigenvalue weighted by Gasteiger charge is 2.09. The molecule has 6 aromatic rings. The molecule has 0 N–H and O–H groups in total. The van der Waals surface area contributed by atoms with E-state index >= 15 is 0 Å². The summed E-state index contributed by atoms with van der Waals surface area (Å²) in [5, 5.41) is 5.51. The fourth-order valence-electron chi connectivity index (χ4n) is 6.22. The van der Waals surface area contributed by atoms with Gasteiger partial charge in [-0.15, -0.1) is 22.7 Å². The number of hydrogen-bond donors (Lipinski definition) is 0. The molecule has 0 bridgehead atoms. The summed E-state index contributed by atoms with van der Waals surface area (Å²) in [5.74, 6) is 6.68. The zero-order valence-corrected chi connectivity index (χ0v) is 49.8. The van der Waals surface area contributed by atoms with E-state index < -0.39 is 0 Å². The van der Waals surface area contributed by atoms with E-state index in [1.807, 2.05) is 52.1 Å². The number of thiazole rings is 1. The van der Waals surface area contributed by atoms with Crippen LogP contribution in [0.15, 0.2) is 91.6 Å². The molecule has 6 rings (SSSR count). The van der Waals surface area contributed by atoms with Crippen molar-refractivity contribution in [2.24, 2.45) is 0 Å². The predicted octanol–water partition coefficient (Wildman–Crippen LogP) is 21.2. The molecule has 0 amide bonds. The lowest BCUT2D eigenvalue weighted by atomic mass is 9.97. The first-order chi connectivity index (χ1) is 32.2. The summed E-state index contributed by atoms with van der Waals surface area (Å²) < 4.78 is 2.00. The second kappa shape index (κ2) is 33.7. The van der Waals surface area contributed by atoms with E-state index in [4.69, 9.17) is 0 Å². The molecule has 0 radical (unpaired) electrons. The summed E-state index contributed by atoms with van der Waals surface area (Å²) in [7, 11) is 0. The van der Waals surface area contributed by atoms with E-state index in [2.05, 4.69) is 253 Å². The third-order valence-corrected chi connectivity index (χ3v) is 14.9. The zero-order valence-electron chi connectivity index (χ0n) is 48.1. The maximum Gasteiger partial charge on any atom is 0.0953 e. The van der Waals surface area contributed by atoms with Gasteiger partial charge in [0.05, 0.1) is 11.2 Å². The summed E-state index contributed by atoms with van der Waals surface area (Å²) in [5.41, 5.74) is 9.18. The van der Waals surface area contributed by atoms with Crippen molar-refractivity contribution in [3.8, 4) is 0 Å². The van der Waals surface area contributed by atoms with Crippen LogP contribution >= 0.6 is 22.7 Å². The van der Waals surface area contributed by atoms with Gasteiger partial charge in [-0.2, -0.15) is 5.10 Å². The number of thiophene rings is 1. The third-order valence-electron chi connectivity index (χ3n) is 11.6. The van der Waals surface area contributed by atoms with Gasteiger partial charge in [0.25, 0.3) is 0 Å². The molecule has 0 aliphatic heterocycles. The van der Waals surface area contributed by atoms with Crippen LogP contribution in [0.2, 0.25) is 0 Å². The van der Waals surface area contributed by atoms with Gasteiger partial charge >= 0.3 is 0 Å². The van der Waals surface area contributed by atoms with Crippen LogP contribution in [-0.4, -0.2) is 24.7 Å². The molecule has 5 nitrogen and oxygen atoms in total. The summed E-state index contributed by atoms with van der Waals surface area (Å²) in [6.45, 7) is 52.7. The Kier molecular flexibility index (Phi) is 31.8. The average Bonchev–Trinajstić information content (AvgIpc) is 4.11. The van der Waals surface area contributed by atoms with Crippen LogP contribution in [0.1, 0.15) is 304 Å². The monoisotopic (exact) mass is 994 g/mol. The quantitative estimate of drug-likeness (QED) is 0.123. The molecule has 0 aliphatic rings. The molecule has 0 unspecified atom stereocenters.